The molecule has 3 N–H and O–H groups in total. The molecule has 1 aromatic heterocycles. The summed E-state index contributed by atoms with van der Waals surface area (Å²) in [7, 11) is 0. The number of fused-ring (bicyclic) bond motifs is 1. The summed E-state index contributed by atoms with van der Waals surface area (Å²) in [5.41, 5.74) is 6.35. The molecule has 1 unspecified atom stereocenters. The van der Waals surface area contributed by atoms with E-state index in [-0.39, 0.29) is 23.1 Å². The average molecular weight is 349 g/mol. The number of hydrogen-bond acceptors (Lipinski definition) is 3. The zero-order valence-electron chi connectivity index (χ0n) is 14.3. The first-order valence-corrected chi connectivity index (χ1v) is 9.04. The van der Waals surface area contributed by atoms with Crippen molar-refractivity contribution in [3.05, 3.63) is 39.8 Å². The number of ether oxygens (including phenoxy) is 1. The van der Waals surface area contributed by atoms with Gasteiger partial charge in [0.15, 0.2) is 0 Å². The number of rotatable bonds is 4. The monoisotopic (exact) mass is 348 g/mol. The van der Waals surface area contributed by atoms with Gasteiger partial charge in [-0.3, -0.25) is 4.79 Å². The molecule has 1 aliphatic carbocycles. The summed E-state index contributed by atoms with van der Waals surface area (Å²) < 4.78 is 6.16. The van der Waals surface area contributed by atoms with E-state index in [1.807, 2.05) is 12.1 Å². The van der Waals surface area contributed by atoms with Crippen LogP contribution in [0.5, 0.6) is 5.75 Å². The molecule has 1 atom stereocenters. The highest BCUT2D eigenvalue weighted by Gasteiger charge is 2.36. The SMILES string of the molecule is CCC(N)C1(C)CCC(Oc2cc3cc[nH]c(=O)c3cc2Cl)CC1. The van der Waals surface area contributed by atoms with E-state index in [0.29, 0.717) is 16.2 Å². The van der Waals surface area contributed by atoms with Gasteiger partial charge in [0.2, 0.25) is 0 Å². The third-order valence-electron chi connectivity index (χ3n) is 5.53. The number of halogens is 1. The zero-order chi connectivity index (χ0) is 17.3. The van der Waals surface area contributed by atoms with Gasteiger partial charge in [0.1, 0.15) is 5.75 Å². The van der Waals surface area contributed by atoms with Crippen molar-refractivity contribution < 1.29 is 4.74 Å². The number of aromatic nitrogens is 1. The van der Waals surface area contributed by atoms with E-state index in [4.69, 9.17) is 22.1 Å². The Kier molecular flexibility index (Phi) is 4.88. The highest BCUT2D eigenvalue weighted by atomic mass is 35.5. The van der Waals surface area contributed by atoms with E-state index in [2.05, 4.69) is 18.8 Å². The maximum atomic E-state index is 11.8. The van der Waals surface area contributed by atoms with E-state index in [9.17, 15) is 4.79 Å². The van der Waals surface area contributed by atoms with Gasteiger partial charge in [0.05, 0.1) is 11.1 Å². The van der Waals surface area contributed by atoms with E-state index >= 15 is 0 Å². The highest BCUT2D eigenvalue weighted by molar-refractivity contribution is 6.32. The number of aromatic amines is 1. The van der Waals surface area contributed by atoms with Crippen LogP contribution in [-0.2, 0) is 0 Å². The van der Waals surface area contributed by atoms with Crippen LogP contribution in [0.4, 0.5) is 0 Å². The molecule has 0 saturated heterocycles. The molecule has 1 saturated carbocycles. The summed E-state index contributed by atoms with van der Waals surface area (Å²) in [6, 6.07) is 5.65. The number of hydrogen-bond donors (Lipinski definition) is 2. The molecule has 0 aliphatic heterocycles. The van der Waals surface area contributed by atoms with Crippen LogP contribution >= 0.6 is 11.6 Å². The summed E-state index contributed by atoms with van der Waals surface area (Å²) in [6.07, 6.45) is 6.89. The van der Waals surface area contributed by atoms with Gasteiger partial charge < -0.3 is 15.5 Å². The second kappa shape index (κ2) is 6.77. The molecule has 1 fully saturated rings. The van der Waals surface area contributed by atoms with Gasteiger partial charge in [0, 0.05) is 17.6 Å². The number of H-pyrrole nitrogens is 1. The van der Waals surface area contributed by atoms with Gasteiger partial charge in [-0.2, -0.15) is 0 Å². The van der Waals surface area contributed by atoms with E-state index in [0.717, 1.165) is 37.5 Å². The molecule has 1 aliphatic rings. The number of nitrogens with one attached hydrogen (secondary N) is 1. The lowest BCUT2D eigenvalue weighted by Crippen LogP contribution is -2.43. The molecule has 0 spiro atoms. The minimum absolute atomic E-state index is 0.136. The molecule has 2 aromatic rings. The van der Waals surface area contributed by atoms with Crippen molar-refractivity contribution in [2.45, 2.75) is 58.1 Å². The van der Waals surface area contributed by atoms with Gasteiger partial charge in [0.25, 0.3) is 5.56 Å². The van der Waals surface area contributed by atoms with Gasteiger partial charge >= 0.3 is 0 Å². The second-order valence-corrected chi connectivity index (χ2v) is 7.57. The standard InChI is InChI=1S/C19H25ClN2O2/c1-3-17(21)19(2)7-4-13(5-8-19)24-16-10-12-6-9-22-18(23)14(12)11-15(16)20/h6,9-11,13,17H,3-5,7-8,21H2,1-2H3,(H,22,23). The van der Waals surface area contributed by atoms with Gasteiger partial charge in [-0.1, -0.05) is 25.4 Å². The number of pyridine rings is 1. The van der Waals surface area contributed by atoms with Crippen LogP contribution < -0.4 is 16.0 Å². The van der Waals surface area contributed by atoms with Crippen LogP contribution in [0.2, 0.25) is 5.02 Å². The van der Waals surface area contributed by atoms with E-state index in [1.54, 1.807) is 12.3 Å². The average Bonchev–Trinajstić information content (AvgIpc) is 2.58. The zero-order valence-corrected chi connectivity index (χ0v) is 15.0. The van der Waals surface area contributed by atoms with Crippen LogP contribution in [-0.4, -0.2) is 17.1 Å². The fourth-order valence-electron chi connectivity index (χ4n) is 3.69. The molecule has 0 radical (unpaired) electrons. The third kappa shape index (κ3) is 3.31. The van der Waals surface area contributed by atoms with Crippen molar-refractivity contribution in [3.63, 3.8) is 0 Å². The highest BCUT2D eigenvalue weighted by Crippen LogP contribution is 2.41. The van der Waals surface area contributed by atoms with E-state index in [1.165, 1.54) is 0 Å². The molecule has 0 bridgehead atoms. The van der Waals surface area contributed by atoms with Crippen molar-refractivity contribution in [1.82, 2.24) is 4.98 Å². The van der Waals surface area contributed by atoms with Crippen molar-refractivity contribution in [2.75, 3.05) is 0 Å². The van der Waals surface area contributed by atoms with Crippen LogP contribution in [0, 0.1) is 5.41 Å². The van der Waals surface area contributed by atoms with E-state index < -0.39 is 0 Å². The Morgan fingerprint density at radius 1 is 1.42 bits per heavy atom. The lowest BCUT2D eigenvalue weighted by Gasteiger charge is -2.41. The molecular formula is C19H25ClN2O2. The first-order valence-electron chi connectivity index (χ1n) is 8.66. The Bertz CT molecular complexity index is 779. The Balaban J connectivity index is 1.75. The Labute approximate surface area is 147 Å². The lowest BCUT2D eigenvalue weighted by atomic mass is 9.69. The van der Waals surface area contributed by atoms with Crippen LogP contribution in [0.1, 0.15) is 46.0 Å². The molecule has 0 amide bonds. The first-order chi connectivity index (χ1) is 11.4. The van der Waals surface area contributed by atoms with Gasteiger partial charge in [-0.05, 0) is 61.1 Å². The summed E-state index contributed by atoms with van der Waals surface area (Å²) in [4.78, 5) is 14.5. The maximum Gasteiger partial charge on any atom is 0.255 e. The Hall–Kier alpha value is -1.52. The normalized spacial score (nSPS) is 25.6. The molecule has 5 heteroatoms. The van der Waals surface area contributed by atoms with Crippen LogP contribution in [0.25, 0.3) is 10.8 Å². The summed E-state index contributed by atoms with van der Waals surface area (Å²) in [6.45, 7) is 4.43. The molecule has 4 nitrogen and oxygen atoms in total. The quantitative estimate of drug-likeness (QED) is 0.868. The van der Waals surface area contributed by atoms with Gasteiger partial charge in [-0.15, -0.1) is 0 Å². The topological polar surface area (TPSA) is 68.1 Å². The summed E-state index contributed by atoms with van der Waals surface area (Å²) in [5.74, 6) is 0.656. The Morgan fingerprint density at radius 3 is 2.79 bits per heavy atom. The number of nitrogens with two attached hydrogens (primary N) is 1. The summed E-state index contributed by atoms with van der Waals surface area (Å²) in [5, 5.41) is 1.91. The molecular weight excluding hydrogens is 324 g/mol. The smallest absolute Gasteiger partial charge is 0.255 e. The third-order valence-corrected chi connectivity index (χ3v) is 5.82. The van der Waals surface area contributed by atoms with Crippen molar-refractivity contribution in [2.24, 2.45) is 11.1 Å². The fraction of sp³-hybridized carbons (Fsp3) is 0.526. The van der Waals surface area contributed by atoms with Crippen molar-refractivity contribution in [1.29, 1.82) is 0 Å². The predicted octanol–water partition coefficient (Wildman–Crippen LogP) is 4.25. The largest absolute Gasteiger partial charge is 0.489 e. The molecule has 1 aromatic carbocycles. The molecule has 1 heterocycles. The van der Waals surface area contributed by atoms with Crippen LogP contribution in [0.15, 0.2) is 29.2 Å². The first kappa shape index (κ1) is 17.3. The minimum atomic E-state index is -0.136. The van der Waals surface area contributed by atoms with Gasteiger partial charge in [-0.25, -0.2) is 0 Å². The Morgan fingerprint density at radius 2 is 2.12 bits per heavy atom. The minimum Gasteiger partial charge on any atom is -0.489 e. The van der Waals surface area contributed by atoms with Crippen molar-refractivity contribution >= 4 is 22.4 Å². The fourth-order valence-corrected chi connectivity index (χ4v) is 3.90. The lowest BCUT2D eigenvalue weighted by molar-refractivity contribution is 0.0721. The summed E-state index contributed by atoms with van der Waals surface area (Å²) >= 11 is 6.33. The molecule has 24 heavy (non-hydrogen) atoms. The van der Waals surface area contributed by atoms with Crippen molar-refractivity contribution in [3.8, 4) is 5.75 Å². The molecule has 3 rings (SSSR count). The number of benzene rings is 1. The van der Waals surface area contributed by atoms with Crippen LogP contribution in [0.3, 0.4) is 0 Å². The second-order valence-electron chi connectivity index (χ2n) is 7.16. The predicted molar refractivity (Wildman–Crippen MR) is 98.8 cm³/mol. The maximum absolute atomic E-state index is 11.8. The molecule has 130 valence electrons.